The third kappa shape index (κ3) is 3.06. The number of likely N-dealkylation sites (tertiary alicyclic amines) is 1. The van der Waals surface area contributed by atoms with E-state index in [1.165, 1.54) is 43.5 Å². The average Bonchev–Trinajstić information content (AvgIpc) is 2.31. The van der Waals surface area contributed by atoms with Crippen molar-refractivity contribution >= 4 is 0 Å². The molecule has 0 radical (unpaired) electrons. The zero-order valence-electron chi connectivity index (χ0n) is 10.2. The second-order valence-electron chi connectivity index (χ2n) is 4.88. The normalized spacial score (nSPS) is 19.6. The molecule has 0 spiro atoms. The van der Waals surface area contributed by atoms with Gasteiger partial charge in [-0.25, -0.2) is 0 Å². The third-order valence-electron chi connectivity index (χ3n) is 3.41. The van der Waals surface area contributed by atoms with E-state index in [1.54, 1.807) is 0 Å². The summed E-state index contributed by atoms with van der Waals surface area (Å²) in [6.45, 7) is 5.56. The molecule has 1 heterocycles. The number of nitrogens with two attached hydrogens (primary N) is 1. The Kier molecular flexibility index (Phi) is 3.97. The number of rotatable bonds is 3. The molecule has 0 saturated carbocycles. The first kappa shape index (κ1) is 11.6. The Morgan fingerprint density at radius 3 is 2.38 bits per heavy atom. The molecular weight excluding hydrogens is 196 g/mol. The predicted molar refractivity (Wildman–Crippen MR) is 68.4 cm³/mol. The van der Waals surface area contributed by atoms with Crippen LogP contribution in [0.25, 0.3) is 0 Å². The second kappa shape index (κ2) is 5.46. The summed E-state index contributed by atoms with van der Waals surface area (Å²) in [4.78, 5) is 2.49. The van der Waals surface area contributed by atoms with Gasteiger partial charge in [0, 0.05) is 12.6 Å². The van der Waals surface area contributed by atoms with Crippen molar-refractivity contribution in [2.75, 3.05) is 19.6 Å². The number of hydrogen-bond donors (Lipinski definition) is 1. The van der Waals surface area contributed by atoms with E-state index < -0.39 is 0 Å². The minimum absolute atomic E-state index is 0.165. The third-order valence-corrected chi connectivity index (χ3v) is 3.41. The van der Waals surface area contributed by atoms with Crippen molar-refractivity contribution in [1.29, 1.82) is 0 Å². The van der Waals surface area contributed by atoms with Crippen LogP contribution in [0.5, 0.6) is 0 Å². The monoisotopic (exact) mass is 218 g/mol. The number of nitrogens with zero attached hydrogens (tertiary/aromatic N) is 1. The van der Waals surface area contributed by atoms with E-state index in [1.807, 2.05) is 0 Å². The van der Waals surface area contributed by atoms with Crippen LogP contribution in [0.4, 0.5) is 0 Å². The lowest BCUT2D eigenvalue weighted by atomic mass is 10.0. The fourth-order valence-corrected chi connectivity index (χ4v) is 2.34. The molecule has 1 aromatic carbocycles. The highest BCUT2D eigenvalue weighted by Gasteiger charge is 2.14. The Labute approximate surface area is 98.4 Å². The summed E-state index contributed by atoms with van der Waals surface area (Å²) < 4.78 is 0. The Morgan fingerprint density at radius 1 is 1.12 bits per heavy atom. The lowest BCUT2D eigenvalue weighted by Crippen LogP contribution is -2.36. The number of aryl methyl sites for hydroxylation is 1. The van der Waals surface area contributed by atoms with Crippen LogP contribution in [0.1, 0.15) is 36.4 Å². The molecule has 1 aromatic rings. The van der Waals surface area contributed by atoms with Gasteiger partial charge in [-0.15, -0.1) is 0 Å². The number of hydrogen-bond acceptors (Lipinski definition) is 2. The van der Waals surface area contributed by atoms with E-state index in [-0.39, 0.29) is 6.04 Å². The number of benzene rings is 1. The van der Waals surface area contributed by atoms with Crippen molar-refractivity contribution in [2.45, 2.75) is 32.2 Å². The maximum Gasteiger partial charge on any atom is 0.0424 e. The van der Waals surface area contributed by atoms with Gasteiger partial charge in [-0.2, -0.15) is 0 Å². The molecular formula is C14H22N2. The topological polar surface area (TPSA) is 29.3 Å². The van der Waals surface area contributed by atoms with Crippen molar-refractivity contribution < 1.29 is 0 Å². The van der Waals surface area contributed by atoms with Crippen LogP contribution in [0, 0.1) is 6.92 Å². The molecule has 2 heteroatoms. The van der Waals surface area contributed by atoms with Gasteiger partial charge in [0.2, 0.25) is 0 Å². The number of piperidine rings is 1. The summed E-state index contributed by atoms with van der Waals surface area (Å²) in [6, 6.07) is 8.77. The summed E-state index contributed by atoms with van der Waals surface area (Å²) in [6.07, 6.45) is 4.05. The van der Waals surface area contributed by atoms with Crippen molar-refractivity contribution in [1.82, 2.24) is 4.90 Å². The molecule has 2 nitrogen and oxygen atoms in total. The summed E-state index contributed by atoms with van der Waals surface area (Å²) >= 11 is 0. The minimum Gasteiger partial charge on any atom is -0.323 e. The molecule has 1 aliphatic heterocycles. The standard InChI is InChI=1S/C14H22N2/c1-12-5-7-13(8-6-12)14(15)11-16-9-3-2-4-10-16/h5-8,14H,2-4,9-11,15H2,1H3/t14-/m1/s1. The molecule has 1 atom stereocenters. The minimum atomic E-state index is 0.165. The lowest BCUT2D eigenvalue weighted by Gasteiger charge is -2.29. The van der Waals surface area contributed by atoms with E-state index in [2.05, 4.69) is 36.1 Å². The molecule has 2 N–H and O–H groups in total. The largest absolute Gasteiger partial charge is 0.323 e. The van der Waals surface area contributed by atoms with Crippen molar-refractivity contribution in [3.8, 4) is 0 Å². The van der Waals surface area contributed by atoms with Gasteiger partial charge in [0.1, 0.15) is 0 Å². The van der Waals surface area contributed by atoms with Crippen LogP contribution in [0.2, 0.25) is 0 Å². The molecule has 1 fully saturated rings. The highest BCUT2D eigenvalue weighted by Crippen LogP contribution is 2.16. The maximum absolute atomic E-state index is 6.23. The molecule has 0 amide bonds. The van der Waals surface area contributed by atoms with Crippen LogP contribution in [-0.2, 0) is 0 Å². The molecule has 1 aliphatic rings. The van der Waals surface area contributed by atoms with Crippen molar-refractivity contribution in [2.24, 2.45) is 5.73 Å². The molecule has 0 aromatic heterocycles. The smallest absolute Gasteiger partial charge is 0.0424 e. The van der Waals surface area contributed by atoms with Gasteiger partial charge in [0.05, 0.1) is 0 Å². The van der Waals surface area contributed by atoms with Crippen LogP contribution in [0.15, 0.2) is 24.3 Å². The van der Waals surface area contributed by atoms with E-state index in [0.717, 1.165) is 6.54 Å². The Balaban J connectivity index is 1.91. The van der Waals surface area contributed by atoms with Gasteiger partial charge in [-0.3, -0.25) is 0 Å². The summed E-state index contributed by atoms with van der Waals surface area (Å²) in [5.74, 6) is 0. The molecule has 88 valence electrons. The second-order valence-corrected chi connectivity index (χ2v) is 4.88. The van der Waals surface area contributed by atoms with E-state index in [0.29, 0.717) is 0 Å². The Morgan fingerprint density at radius 2 is 1.75 bits per heavy atom. The molecule has 0 unspecified atom stereocenters. The SMILES string of the molecule is Cc1ccc([C@H](N)CN2CCCCC2)cc1. The van der Waals surface area contributed by atoms with Gasteiger partial charge in [0.25, 0.3) is 0 Å². The highest BCUT2D eigenvalue weighted by molar-refractivity contribution is 5.24. The molecule has 2 rings (SSSR count). The van der Waals surface area contributed by atoms with Crippen LogP contribution in [-0.4, -0.2) is 24.5 Å². The average molecular weight is 218 g/mol. The van der Waals surface area contributed by atoms with E-state index in [9.17, 15) is 0 Å². The maximum atomic E-state index is 6.23. The predicted octanol–water partition coefficient (Wildman–Crippen LogP) is 2.48. The van der Waals surface area contributed by atoms with Crippen molar-refractivity contribution in [3.63, 3.8) is 0 Å². The van der Waals surface area contributed by atoms with Gasteiger partial charge >= 0.3 is 0 Å². The Hall–Kier alpha value is -0.860. The van der Waals surface area contributed by atoms with Gasteiger partial charge < -0.3 is 10.6 Å². The highest BCUT2D eigenvalue weighted by atomic mass is 15.1. The van der Waals surface area contributed by atoms with Gasteiger partial charge in [-0.1, -0.05) is 36.2 Å². The van der Waals surface area contributed by atoms with Gasteiger partial charge in [0.15, 0.2) is 0 Å². The van der Waals surface area contributed by atoms with E-state index >= 15 is 0 Å². The van der Waals surface area contributed by atoms with E-state index in [4.69, 9.17) is 5.73 Å². The Bertz CT molecular complexity index is 312. The summed E-state index contributed by atoms with van der Waals surface area (Å²) in [7, 11) is 0. The molecule has 0 bridgehead atoms. The zero-order chi connectivity index (χ0) is 11.4. The molecule has 16 heavy (non-hydrogen) atoms. The van der Waals surface area contributed by atoms with Crippen molar-refractivity contribution in [3.05, 3.63) is 35.4 Å². The fourth-order valence-electron chi connectivity index (χ4n) is 2.34. The van der Waals surface area contributed by atoms with Crippen LogP contribution < -0.4 is 5.73 Å². The first-order valence-electron chi connectivity index (χ1n) is 6.30. The van der Waals surface area contributed by atoms with Crippen LogP contribution in [0.3, 0.4) is 0 Å². The quantitative estimate of drug-likeness (QED) is 0.844. The zero-order valence-corrected chi connectivity index (χ0v) is 10.2. The van der Waals surface area contributed by atoms with Crippen LogP contribution >= 0.6 is 0 Å². The first-order valence-corrected chi connectivity index (χ1v) is 6.30. The molecule has 0 aliphatic carbocycles. The first-order chi connectivity index (χ1) is 7.75. The van der Waals surface area contributed by atoms with Gasteiger partial charge in [-0.05, 0) is 38.4 Å². The fraction of sp³-hybridized carbons (Fsp3) is 0.571. The summed E-state index contributed by atoms with van der Waals surface area (Å²) in [5.41, 5.74) is 8.79. The lowest BCUT2D eigenvalue weighted by molar-refractivity contribution is 0.216. The molecule has 1 saturated heterocycles. The summed E-state index contributed by atoms with van der Waals surface area (Å²) in [5, 5.41) is 0.